The van der Waals surface area contributed by atoms with Gasteiger partial charge in [0.1, 0.15) is 5.75 Å². The summed E-state index contributed by atoms with van der Waals surface area (Å²) in [7, 11) is 0. The molecule has 0 radical (unpaired) electrons. The van der Waals surface area contributed by atoms with Gasteiger partial charge in [-0.05, 0) is 37.6 Å². The molecule has 0 bridgehead atoms. The number of para-hydroxylation sites is 1. The van der Waals surface area contributed by atoms with Gasteiger partial charge >= 0.3 is 0 Å². The van der Waals surface area contributed by atoms with Gasteiger partial charge in [0.2, 0.25) is 0 Å². The normalized spacial score (nSPS) is 10.8. The minimum Gasteiger partial charge on any atom is -0.494 e. The van der Waals surface area contributed by atoms with Gasteiger partial charge < -0.3 is 9.72 Å². The second kappa shape index (κ2) is 4.81. The van der Waals surface area contributed by atoms with Crippen LogP contribution >= 0.6 is 0 Å². The van der Waals surface area contributed by atoms with Crippen LogP contribution in [0.15, 0.2) is 48.5 Å². The van der Waals surface area contributed by atoms with Crippen molar-refractivity contribution < 1.29 is 4.74 Å². The molecule has 0 spiro atoms. The van der Waals surface area contributed by atoms with Gasteiger partial charge in [0, 0.05) is 22.2 Å². The minimum absolute atomic E-state index is 0.690. The van der Waals surface area contributed by atoms with E-state index >= 15 is 0 Å². The van der Waals surface area contributed by atoms with Crippen molar-refractivity contribution in [2.24, 2.45) is 0 Å². The standard InChI is InChI=1S/C17H17NO/c1-3-19-15-9-5-7-13(10-15)16-11-14-8-4-6-12(2)17(14)18-16/h4-11,18H,3H2,1-2H3. The summed E-state index contributed by atoms with van der Waals surface area (Å²) in [5.41, 5.74) is 4.76. The Morgan fingerprint density at radius 2 is 1.89 bits per heavy atom. The quantitative estimate of drug-likeness (QED) is 0.726. The molecular weight excluding hydrogens is 234 g/mol. The largest absolute Gasteiger partial charge is 0.494 e. The summed E-state index contributed by atoms with van der Waals surface area (Å²) in [6.45, 7) is 4.81. The van der Waals surface area contributed by atoms with Crippen molar-refractivity contribution in [3.05, 3.63) is 54.1 Å². The van der Waals surface area contributed by atoms with Crippen LogP contribution in [0.3, 0.4) is 0 Å². The van der Waals surface area contributed by atoms with E-state index in [1.54, 1.807) is 0 Å². The van der Waals surface area contributed by atoms with E-state index < -0.39 is 0 Å². The number of nitrogens with one attached hydrogen (secondary N) is 1. The SMILES string of the molecule is CCOc1cccc(-c2cc3cccc(C)c3[nH]2)c1. The number of H-pyrrole nitrogens is 1. The van der Waals surface area contributed by atoms with E-state index in [1.807, 2.05) is 19.1 Å². The smallest absolute Gasteiger partial charge is 0.119 e. The van der Waals surface area contributed by atoms with Crippen molar-refractivity contribution in [2.75, 3.05) is 6.61 Å². The maximum Gasteiger partial charge on any atom is 0.119 e. The number of fused-ring (bicyclic) bond motifs is 1. The highest BCUT2D eigenvalue weighted by Gasteiger charge is 2.05. The molecule has 1 heterocycles. The molecule has 3 aromatic rings. The first-order valence-electron chi connectivity index (χ1n) is 6.59. The van der Waals surface area contributed by atoms with E-state index in [4.69, 9.17) is 4.74 Å². The predicted molar refractivity (Wildman–Crippen MR) is 79.6 cm³/mol. The maximum atomic E-state index is 5.55. The van der Waals surface area contributed by atoms with Crippen molar-refractivity contribution in [3.8, 4) is 17.0 Å². The second-order valence-electron chi connectivity index (χ2n) is 4.68. The van der Waals surface area contributed by atoms with Crippen molar-refractivity contribution >= 4 is 10.9 Å². The molecule has 3 rings (SSSR count). The molecule has 2 heteroatoms. The number of ether oxygens (including phenoxy) is 1. The average molecular weight is 251 g/mol. The molecule has 0 unspecified atom stereocenters. The lowest BCUT2D eigenvalue weighted by Crippen LogP contribution is -1.91. The summed E-state index contributed by atoms with van der Waals surface area (Å²) >= 11 is 0. The number of hydrogen-bond donors (Lipinski definition) is 1. The Morgan fingerprint density at radius 1 is 1.05 bits per heavy atom. The number of hydrogen-bond acceptors (Lipinski definition) is 1. The molecule has 0 aliphatic heterocycles. The van der Waals surface area contributed by atoms with Crippen LogP contribution in [0.25, 0.3) is 22.2 Å². The van der Waals surface area contributed by atoms with E-state index in [9.17, 15) is 0 Å². The zero-order valence-corrected chi connectivity index (χ0v) is 11.2. The second-order valence-corrected chi connectivity index (χ2v) is 4.68. The minimum atomic E-state index is 0.690. The predicted octanol–water partition coefficient (Wildman–Crippen LogP) is 4.54. The van der Waals surface area contributed by atoms with Gasteiger partial charge in [-0.25, -0.2) is 0 Å². The van der Waals surface area contributed by atoms with Gasteiger partial charge in [-0.1, -0.05) is 30.3 Å². The Bertz CT molecular complexity index is 712. The highest BCUT2D eigenvalue weighted by Crippen LogP contribution is 2.28. The Labute approximate surface area is 113 Å². The van der Waals surface area contributed by atoms with Crippen LogP contribution in [-0.2, 0) is 0 Å². The highest BCUT2D eigenvalue weighted by molar-refractivity contribution is 5.88. The highest BCUT2D eigenvalue weighted by atomic mass is 16.5. The van der Waals surface area contributed by atoms with Gasteiger partial charge in [0.05, 0.1) is 6.61 Å². The molecular formula is C17H17NO. The number of aryl methyl sites for hydroxylation is 1. The molecule has 0 atom stereocenters. The first kappa shape index (κ1) is 11.8. The third kappa shape index (κ3) is 2.22. The summed E-state index contributed by atoms with van der Waals surface area (Å²) in [6.07, 6.45) is 0. The van der Waals surface area contributed by atoms with E-state index in [-0.39, 0.29) is 0 Å². The molecule has 2 nitrogen and oxygen atoms in total. The maximum absolute atomic E-state index is 5.55. The summed E-state index contributed by atoms with van der Waals surface area (Å²) < 4.78 is 5.55. The van der Waals surface area contributed by atoms with Crippen LogP contribution in [-0.4, -0.2) is 11.6 Å². The van der Waals surface area contributed by atoms with Gasteiger partial charge in [-0.2, -0.15) is 0 Å². The summed E-state index contributed by atoms with van der Waals surface area (Å²) in [6, 6.07) is 16.7. The lowest BCUT2D eigenvalue weighted by Gasteiger charge is -2.04. The Hall–Kier alpha value is -2.22. The third-order valence-corrected chi connectivity index (χ3v) is 3.32. The van der Waals surface area contributed by atoms with Crippen LogP contribution in [0, 0.1) is 6.92 Å². The van der Waals surface area contributed by atoms with Crippen LogP contribution in [0.4, 0.5) is 0 Å². The average Bonchev–Trinajstić information content (AvgIpc) is 2.85. The molecule has 1 N–H and O–H groups in total. The monoisotopic (exact) mass is 251 g/mol. The molecule has 0 saturated carbocycles. The molecule has 0 amide bonds. The Balaban J connectivity index is 2.08. The topological polar surface area (TPSA) is 25.0 Å². The number of aromatic amines is 1. The van der Waals surface area contributed by atoms with Crippen LogP contribution in [0.5, 0.6) is 5.75 Å². The molecule has 0 saturated heterocycles. The first-order chi connectivity index (χ1) is 9.28. The van der Waals surface area contributed by atoms with E-state index in [0.717, 1.165) is 17.0 Å². The first-order valence-corrected chi connectivity index (χ1v) is 6.59. The number of benzene rings is 2. The molecule has 19 heavy (non-hydrogen) atoms. The third-order valence-electron chi connectivity index (χ3n) is 3.32. The summed E-state index contributed by atoms with van der Waals surface area (Å²) in [4.78, 5) is 3.49. The fraction of sp³-hybridized carbons (Fsp3) is 0.176. The van der Waals surface area contributed by atoms with Crippen molar-refractivity contribution in [2.45, 2.75) is 13.8 Å². The molecule has 96 valence electrons. The van der Waals surface area contributed by atoms with Crippen molar-refractivity contribution in [3.63, 3.8) is 0 Å². The lowest BCUT2D eigenvalue weighted by atomic mass is 10.1. The summed E-state index contributed by atoms with van der Waals surface area (Å²) in [5.74, 6) is 0.912. The van der Waals surface area contributed by atoms with Crippen molar-refractivity contribution in [1.29, 1.82) is 0 Å². The fourth-order valence-electron chi connectivity index (χ4n) is 2.38. The zero-order valence-electron chi connectivity index (χ0n) is 11.2. The number of rotatable bonds is 3. The van der Waals surface area contributed by atoms with Crippen LogP contribution in [0.2, 0.25) is 0 Å². The van der Waals surface area contributed by atoms with Crippen molar-refractivity contribution in [1.82, 2.24) is 4.98 Å². The van der Waals surface area contributed by atoms with Gasteiger partial charge in [-0.3, -0.25) is 0 Å². The fourth-order valence-corrected chi connectivity index (χ4v) is 2.38. The lowest BCUT2D eigenvalue weighted by molar-refractivity contribution is 0.340. The molecule has 0 aliphatic rings. The van der Waals surface area contributed by atoms with E-state index in [2.05, 4.69) is 48.3 Å². The van der Waals surface area contributed by atoms with Gasteiger partial charge in [-0.15, -0.1) is 0 Å². The van der Waals surface area contributed by atoms with Crippen LogP contribution < -0.4 is 4.74 Å². The van der Waals surface area contributed by atoms with E-state index in [1.165, 1.54) is 16.5 Å². The zero-order chi connectivity index (χ0) is 13.2. The molecule has 0 aliphatic carbocycles. The molecule has 2 aromatic carbocycles. The summed E-state index contributed by atoms with van der Waals surface area (Å²) in [5, 5.41) is 1.25. The Morgan fingerprint density at radius 3 is 2.68 bits per heavy atom. The molecule has 1 aromatic heterocycles. The van der Waals surface area contributed by atoms with Gasteiger partial charge in [0.25, 0.3) is 0 Å². The molecule has 0 fully saturated rings. The Kier molecular flexibility index (Phi) is 3.00. The number of aromatic nitrogens is 1. The van der Waals surface area contributed by atoms with Crippen LogP contribution in [0.1, 0.15) is 12.5 Å². The van der Waals surface area contributed by atoms with Gasteiger partial charge in [0.15, 0.2) is 0 Å². The van der Waals surface area contributed by atoms with E-state index in [0.29, 0.717) is 6.61 Å².